The molecule has 0 saturated carbocycles. The Morgan fingerprint density at radius 2 is 1.18 bits per heavy atom. The molecule has 1 aliphatic carbocycles. The van der Waals surface area contributed by atoms with Crippen LogP contribution in [-0.4, -0.2) is 19.5 Å². The first-order chi connectivity index (χ1) is 22.3. The monoisotopic (exact) mass is 572 g/mol. The number of nitrogens with zero attached hydrogens (tertiary/aromatic N) is 4. The molecule has 0 aliphatic heterocycles. The van der Waals surface area contributed by atoms with Crippen LogP contribution in [-0.2, 0) is 0 Å². The molecule has 6 aromatic carbocycles. The van der Waals surface area contributed by atoms with Gasteiger partial charge in [0.25, 0.3) is 0 Å². The Kier molecular flexibility index (Phi) is 4.96. The minimum atomic E-state index is 0.815. The normalized spacial score (nSPS) is 12.0. The topological polar surface area (TPSA) is 43.6 Å². The third-order valence-corrected chi connectivity index (χ3v) is 9.15. The molecule has 0 amide bonds. The molecule has 10 rings (SSSR count). The Labute approximate surface area is 258 Å². The molecule has 0 radical (unpaired) electrons. The van der Waals surface area contributed by atoms with Gasteiger partial charge in [0.2, 0.25) is 0 Å². The van der Waals surface area contributed by atoms with E-state index in [0.717, 1.165) is 50.4 Å². The number of hydrogen-bond acceptors (Lipinski definition) is 3. The second kappa shape index (κ2) is 9.18. The smallest absolute Gasteiger partial charge is 0.165 e. The number of para-hydroxylation sites is 2. The molecule has 3 heterocycles. The summed E-state index contributed by atoms with van der Waals surface area (Å²) in [5.41, 5.74) is 12.7. The van der Waals surface area contributed by atoms with Crippen molar-refractivity contribution in [3.63, 3.8) is 0 Å². The second-order valence-corrected chi connectivity index (χ2v) is 11.6. The summed E-state index contributed by atoms with van der Waals surface area (Å²) in [7, 11) is 0. The van der Waals surface area contributed by atoms with Gasteiger partial charge in [-0.3, -0.25) is 9.55 Å². The number of pyridine rings is 1. The Bertz CT molecular complexity index is 2640. The summed E-state index contributed by atoms with van der Waals surface area (Å²) in [5.74, 6) is 0.815. The summed E-state index contributed by atoms with van der Waals surface area (Å²) in [5, 5.41) is 4.96. The highest BCUT2D eigenvalue weighted by molar-refractivity contribution is 6.31. The van der Waals surface area contributed by atoms with Gasteiger partial charge in [-0.1, -0.05) is 97.1 Å². The number of hydrogen-bond donors (Lipinski definition) is 0. The number of benzene rings is 6. The molecule has 0 spiro atoms. The predicted molar refractivity (Wildman–Crippen MR) is 184 cm³/mol. The van der Waals surface area contributed by atoms with Gasteiger partial charge in [0.05, 0.1) is 27.8 Å². The van der Waals surface area contributed by atoms with Gasteiger partial charge < -0.3 is 0 Å². The first kappa shape index (κ1) is 24.3. The Hall–Kier alpha value is -6.13. The zero-order valence-electron chi connectivity index (χ0n) is 24.1. The zero-order valence-corrected chi connectivity index (χ0v) is 24.1. The molecule has 9 aromatic rings. The van der Waals surface area contributed by atoms with Crippen molar-refractivity contribution in [2.45, 2.75) is 0 Å². The molecule has 0 bridgehead atoms. The molecule has 0 fully saturated rings. The highest BCUT2D eigenvalue weighted by atomic mass is 15.1. The van der Waals surface area contributed by atoms with Crippen molar-refractivity contribution in [3.05, 3.63) is 146 Å². The maximum absolute atomic E-state index is 5.38. The van der Waals surface area contributed by atoms with Gasteiger partial charge in [-0.25, -0.2) is 9.97 Å². The Morgan fingerprint density at radius 3 is 2.00 bits per heavy atom. The fourth-order valence-electron chi connectivity index (χ4n) is 7.24. The van der Waals surface area contributed by atoms with Crippen molar-refractivity contribution in [1.29, 1.82) is 0 Å². The van der Waals surface area contributed by atoms with Gasteiger partial charge in [0.15, 0.2) is 5.82 Å². The van der Waals surface area contributed by atoms with Crippen LogP contribution in [0.3, 0.4) is 0 Å². The number of rotatable bonds is 3. The largest absolute Gasteiger partial charge is 0.292 e. The lowest BCUT2D eigenvalue weighted by Crippen LogP contribution is -2.04. The van der Waals surface area contributed by atoms with Crippen LogP contribution in [0.2, 0.25) is 0 Å². The summed E-state index contributed by atoms with van der Waals surface area (Å²) in [6, 6.07) is 49.2. The molecular formula is C41H24N4. The summed E-state index contributed by atoms with van der Waals surface area (Å²) in [4.78, 5) is 15.4. The Balaban J connectivity index is 1.46. The van der Waals surface area contributed by atoms with E-state index in [1.807, 2.05) is 42.6 Å². The van der Waals surface area contributed by atoms with Crippen LogP contribution in [0.4, 0.5) is 0 Å². The van der Waals surface area contributed by atoms with Crippen molar-refractivity contribution < 1.29 is 0 Å². The van der Waals surface area contributed by atoms with E-state index in [2.05, 4.69) is 108 Å². The SMILES string of the molecule is c1ccc(-c2nc3ccccc3nc2-n2c3cc(-c4ccccn4)cc4c3c3c5c(cccc5ccc32)-c2ccccc2-4)cc1. The van der Waals surface area contributed by atoms with Gasteiger partial charge in [0.1, 0.15) is 5.69 Å². The average Bonchev–Trinajstić information content (AvgIpc) is 3.39. The molecule has 4 nitrogen and oxygen atoms in total. The predicted octanol–water partition coefficient (Wildman–Crippen LogP) is 10.3. The highest BCUT2D eigenvalue weighted by Crippen LogP contribution is 2.51. The Morgan fingerprint density at radius 1 is 0.444 bits per heavy atom. The molecule has 208 valence electrons. The van der Waals surface area contributed by atoms with E-state index in [4.69, 9.17) is 15.0 Å². The van der Waals surface area contributed by atoms with Crippen LogP contribution in [0.1, 0.15) is 0 Å². The van der Waals surface area contributed by atoms with Gasteiger partial charge in [-0.15, -0.1) is 0 Å². The fourth-order valence-corrected chi connectivity index (χ4v) is 7.24. The van der Waals surface area contributed by atoms with E-state index in [1.54, 1.807) is 0 Å². The summed E-state index contributed by atoms with van der Waals surface area (Å²) < 4.78 is 2.34. The third kappa shape index (κ3) is 3.45. The van der Waals surface area contributed by atoms with Crippen molar-refractivity contribution in [2.75, 3.05) is 0 Å². The number of aromatic nitrogens is 4. The third-order valence-electron chi connectivity index (χ3n) is 9.15. The van der Waals surface area contributed by atoms with Crippen molar-refractivity contribution in [3.8, 4) is 50.6 Å². The van der Waals surface area contributed by atoms with E-state index in [0.29, 0.717) is 0 Å². The van der Waals surface area contributed by atoms with E-state index < -0.39 is 0 Å². The van der Waals surface area contributed by atoms with Crippen LogP contribution in [0.15, 0.2) is 146 Å². The lowest BCUT2D eigenvalue weighted by atomic mass is 9.92. The molecule has 4 heteroatoms. The van der Waals surface area contributed by atoms with Crippen molar-refractivity contribution in [2.24, 2.45) is 0 Å². The van der Waals surface area contributed by atoms with E-state index in [1.165, 1.54) is 43.8 Å². The van der Waals surface area contributed by atoms with Crippen molar-refractivity contribution in [1.82, 2.24) is 19.5 Å². The first-order valence-corrected chi connectivity index (χ1v) is 15.2. The molecule has 45 heavy (non-hydrogen) atoms. The van der Waals surface area contributed by atoms with E-state index >= 15 is 0 Å². The lowest BCUT2D eigenvalue weighted by molar-refractivity contribution is 1.08. The standard InChI is InChI=1S/C41H24N4/c1-2-11-26(12-3-1)40-41(44-34-19-7-6-18-33(34)43-40)45-35-21-20-25-13-10-16-30-28-14-4-5-15-29(28)31-23-27(32-17-8-9-22-42-32)24-36(45)38(31)39(35)37(25)30/h1-24H. The van der Waals surface area contributed by atoms with Gasteiger partial charge in [-0.2, -0.15) is 0 Å². The average molecular weight is 573 g/mol. The van der Waals surface area contributed by atoms with E-state index in [9.17, 15) is 0 Å². The lowest BCUT2D eigenvalue weighted by Gasteiger charge is -2.16. The summed E-state index contributed by atoms with van der Waals surface area (Å²) >= 11 is 0. The zero-order chi connectivity index (χ0) is 29.5. The second-order valence-electron chi connectivity index (χ2n) is 11.6. The minimum absolute atomic E-state index is 0.815. The van der Waals surface area contributed by atoms with Crippen LogP contribution < -0.4 is 0 Å². The van der Waals surface area contributed by atoms with Crippen LogP contribution >= 0.6 is 0 Å². The summed E-state index contributed by atoms with van der Waals surface area (Å²) in [6.45, 7) is 0. The maximum Gasteiger partial charge on any atom is 0.165 e. The molecule has 0 unspecified atom stereocenters. The van der Waals surface area contributed by atoms with Gasteiger partial charge in [-0.05, 0) is 75.5 Å². The van der Waals surface area contributed by atoms with Gasteiger partial charge >= 0.3 is 0 Å². The van der Waals surface area contributed by atoms with Crippen LogP contribution in [0.25, 0.3) is 94.2 Å². The molecule has 0 atom stereocenters. The van der Waals surface area contributed by atoms with Crippen LogP contribution in [0, 0.1) is 0 Å². The fraction of sp³-hybridized carbons (Fsp3) is 0. The van der Waals surface area contributed by atoms with Gasteiger partial charge in [0, 0.05) is 28.1 Å². The van der Waals surface area contributed by atoms with Crippen molar-refractivity contribution >= 4 is 43.6 Å². The number of fused-ring (bicyclic) bond motifs is 4. The molecular weight excluding hydrogens is 548 g/mol. The molecule has 0 saturated heterocycles. The van der Waals surface area contributed by atoms with Crippen LogP contribution in [0.5, 0.6) is 0 Å². The maximum atomic E-state index is 5.38. The molecule has 3 aromatic heterocycles. The quantitative estimate of drug-likeness (QED) is 0.212. The summed E-state index contributed by atoms with van der Waals surface area (Å²) in [6.07, 6.45) is 1.86. The molecule has 0 N–H and O–H groups in total. The first-order valence-electron chi connectivity index (χ1n) is 15.2. The molecule has 1 aliphatic rings. The minimum Gasteiger partial charge on any atom is -0.292 e. The van der Waals surface area contributed by atoms with E-state index in [-0.39, 0.29) is 0 Å². The highest BCUT2D eigenvalue weighted by Gasteiger charge is 2.27.